The number of aromatic nitrogens is 1. The lowest BCUT2D eigenvalue weighted by molar-refractivity contribution is -0.132. The van der Waals surface area contributed by atoms with E-state index in [1.807, 2.05) is 25.7 Å². The van der Waals surface area contributed by atoms with Crippen LogP contribution >= 0.6 is 11.3 Å². The van der Waals surface area contributed by atoms with Crippen molar-refractivity contribution in [1.82, 2.24) is 9.88 Å². The van der Waals surface area contributed by atoms with Gasteiger partial charge in [0.15, 0.2) is 5.13 Å². The Bertz CT molecular complexity index is 1420. The first kappa shape index (κ1) is 26.4. The molecule has 1 aromatic heterocycles. The number of anilines is 3. The highest BCUT2D eigenvalue weighted by Crippen LogP contribution is 2.30. The van der Waals surface area contributed by atoms with Gasteiger partial charge in [0.05, 0.1) is 10.6 Å². The van der Waals surface area contributed by atoms with Crippen LogP contribution in [0.1, 0.15) is 30.9 Å². The molecule has 1 atom stereocenters. The number of rotatable bonds is 6. The van der Waals surface area contributed by atoms with Crippen molar-refractivity contribution >= 4 is 43.8 Å². The third-order valence-corrected chi connectivity index (χ3v) is 9.85. The second-order valence-corrected chi connectivity index (χ2v) is 12.7. The summed E-state index contributed by atoms with van der Waals surface area (Å²) < 4.78 is 41.8. The fraction of sp³-hybridized carbons (Fsp3) is 0.407. The molecule has 8 nitrogen and oxygen atoms in total. The molecular formula is C27H34FN5O3S2. The number of carbonyl (C=O) groups excluding carboxylic acids is 1. The molecule has 1 amide bonds. The number of thiazole rings is 1. The summed E-state index contributed by atoms with van der Waals surface area (Å²) in [6.07, 6.45) is 1.72. The predicted octanol–water partition coefficient (Wildman–Crippen LogP) is 4.44. The Morgan fingerprint density at radius 1 is 1.08 bits per heavy atom. The van der Waals surface area contributed by atoms with Crippen molar-refractivity contribution in [3.05, 3.63) is 64.4 Å². The number of nitrogens with one attached hydrogen (secondary N) is 1. The third kappa shape index (κ3) is 5.35. The zero-order valence-corrected chi connectivity index (χ0v) is 23.4. The van der Waals surface area contributed by atoms with Gasteiger partial charge in [0, 0.05) is 50.4 Å². The number of halogens is 1. The minimum Gasteiger partial charge on any atom is -0.368 e. The Labute approximate surface area is 228 Å². The number of piperazine rings is 1. The third-order valence-electron chi connectivity index (χ3n) is 7.37. The molecule has 0 spiro atoms. The molecule has 2 aliphatic rings. The first-order chi connectivity index (χ1) is 18.1. The molecule has 2 aliphatic heterocycles. The van der Waals surface area contributed by atoms with Crippen molar-refractivity contribution in [3.8, 4) is 0 Å². The van der Waals surface area contributed by atoms with Crippen molar-refractivity contribution in [3.63, 3.8) is 0 Å². The highest BCUT2D eigenvalue weighted by Gasteiger charge is 2.31. The van der Waals surface area contributed by atoms with Gasteiger partial charge in [-0.2, -0.15) is 0 Å². The number of aryl methyl sites for hydroxylation is 3. The summed E-state index contributed by atoms with van der Waals surface area (Å²) in [7, 11) is -3.73. The van der Waals surface area contributed by atoms with E-state index in [1.165, 1.54) is 17.4 Å². The van der Waals surface area contributed by atoms with Gasteiger partial charge in [-0.05, 0) is 81.6 Å². The minimum absolute atomic E-state index is 0. The summed E-state index contributed by atoms with van der Waals surface area (Å²) in [6.45, 7) is 8.93. The first-order valence-electron chi connectivity index (χ1n) is 12.8. The van der Waals surface area contributed by atoms with Crippen LogP contribution in [-0.2, 0) is 21.2 Å². The highest BCUT2D eigenvalue weighted by molar-refractivity contribution is 7.93. The molecule has 5 rings (SSSR count). The Kier molecular flexibility index (Phi) is 7.32. The van der Waals surface area contributed by atoms with E-state index >= 15 is 0 Å². The van der Waals surface area contributed by atoms with E-state index in [1.54, 1.807) is 36.4 Å². The highest BCUT2D eigenvalue weighted by atomic mass is 32.2. The van der Waals surface area contributed by atoms with Gasteiger partial charge in [-0.3, -0.25) is 9.52 Å². The number of amides is 1. The monoisotopic (exact) mass is 559 g/mol. The molecule has 0 bridgehead atoms. The number of sulfonamides is 1. The molecule has 3 aromatic rings. The molecule has 0 radical (unpaired) electrons. The van der Waals surface area contributed by atoms with Crippen LogP contribution in [0.25, 0.3) is 0 Å². The molecule has 0 saturated carbocycles. The number of carbonyl (C=O) groups is 1. The average molecular weight is 560 g/mol. The van der Waals surface area contributed by atoms with E-state index in [0.29, 0.717) is 31.3 Å². The second kappa shape index (κ2) is 10.5. The van der Waals surface area contributed by atoms with Crippen LogP contribution in [0.3, 0.4) is 0 Å². The molecule has 0 unspecified atom stereocenters. The average Bonchev–Trinajstić information content (AvgIpc) is 3.22. The number of benzene rings is 2. The summed E-state index contributed by atoms with van der Waals surface area (Å²) in [5.41, 5.74) is 3.63. The van der Waals surface area contributed by atoms with Gasteiger partial charge < -0.3 is 14.7 Å². The van der Waals surface area contributed by atoms with Crippen molar-refractivity contribution in [2.75, 3.05) is 47.2 Å². The zero-order valence-electron chi connectivity index (χ0n) is 21.8. The quantitative estimate of drug-likeness (QED) is 0.481. The fourth-order valence-corrected chi connectivity index (χ4v) is 7.16. The SMILES string of the molecule is Cc1nc(NS(=O)(=O)c2ccc(N3CCN(C(=O)[C@H](C)N4CCCc5cc(F)ccc54)CC3)cc2)sc1C.[HH]. The van der Waals surface area contributed by atoms with Crippen LogP contribution in [0.15, 0.2) is 47.4 Å². The molecule has 1 fully saturated rings. The topological polar surface area (TPSA) is 85.9 Å². The van der Waals surface area contributed by atoms with Gasteiger partial charge in [-0.15, -0.1) is 11.3 Å². The van der Waals surface area contributed by atoms with Gasteiger partial charge in [-0.1, -0.05) is 0 Å². The lowest BCUT2D eigenvalue weighted by atomic mass is 9.99. The maximum Gasteiger partial charge on any atom is 0.263 e. The van der Waals surface area contributed by atoms with Gasteiger partial charge in [-0.25, -0.2) is 17.8 Å². The van der Waals surface area contributed by atoms with Gasteiger partial charge >= 0.3 is 0 Å². The first-order valence-corrected chi connectivity index (χ1v) is 15.1. The van der Waals surface area contributed by atoms with Crippen molar-refractivity contribution in [2.24, 2.45) is 0 Å². The Morgan fingerprint density at radius 2 is 1.79 bits per heavy atom. The van der Waals surface area contributed by atoms with E-state index < -0.39 is 10.0 Å². The van der Waals surface area contributed by atoms with Gasteiger partial charge in [0.1, 0.15) is 11.9 Å². The van der Waals surface area contributed by atoms with Gasteiger partial charge in [0.25, 0.3) is 10.0 Å². The van der Waals surface area contributed by atoms with E-state index in [9.17, 15) is 17.6 Å². The summed E-state index contributed by atoms with van der Waals surface area (Å²) in [5, 5.41) is 0.360. The van der Waals surface area contributed by atoms with E-state index in [0.717, 1.165) is 46.9 Å². The summed E-state index contributed by atoms with van der Waals surface area (Å²) >= 11 is 1.31. The van der Waals surface area contributed by atoms with Crippen LogP contribution in [0, 0.1) is 19.7 Å². The number of hydrogen-bond donors (Lipinski definition) is 1. The maximum atomic E-state index is 13.7. The lowest BCUT2D eigenvalue weighted by Gasteiger charge is -2.41. The number of hydrogen-bond acceptors (Lipinski definition) is 7. The van der Waals surface area contributed by atoms with Crippen LogP contribution < -0.4 is 14.5 Å². The largest absolute Gasteiger partial charge is 0.368 e. The number of nitrogens with zero attached hydrogens (tertiary/aromatic N) is 4. The fourth-order valence-electron chi connectivity index (χ4n) is 5.11. The zero-order chi connectivity index (χ0) is 27.0. The summed E-state index contributed by atoms with van der Waals surface area (Å²) in [6, 6.07) is 11.3. The normalized spacial score (nSPS) is 16.8. The lowest BCUT2D eigenvalue weighted by Crippen LogP contribution is -2.55. The summed E-state index contributed by atoms with van der Waals surface area (Å²) in [5.74, 6) is -0.172. The minimum atomic E-state index is -3.73. The second-order valence-electron chi connectivity index (χ2n) is 9.82. The molecule has 2 aromatic carbocycles. The smallest absolute Gasteiger partial charge is 0.263 e. The molecule has 1 N–H and O–H groups in total. The van der Waals surface area contributed by atoms with E-state index in [4.69, 9.17) is 0 Å². The van der Waals surface area contributed by atoms with Crippen molar-refractivity contribution < 1.29 is 19.0 Å². The van der Waals surface area contributed by atoms with Crippen molar-refractivity contribution in [2.45, 2.75) is 44.6 Å². The molecule has 204 valence electrons. The molecule has 38 heavy (non-hydrogen) atoms. The Morgan fingerprint density at radius 3 is 2.45 bits per heavy atom. The van der Waals surface area contributed by atoms with Gasteiger partial charge in [0.2, 0.25) is 5.91 Å². The molecule has 1 saturated heterocycles. The van der Waals surface area contributed by atoms with Crippen molar-refractivity contribution in [1.29, 1.82) is 0 Å². The van der Waals surface area contributed by atoms with Crippen LogP contribution in [0.4, 0.5) is 20.9 Å². The molecule has 0 aliphatic carbocycles. The Balaban J connectivity index is 0.00000353. The predicted molar refractivity (Wildman–Crippen MR) is 151 cm³/mol. The summed E-state index contributed by atoms with van der Waals surface area (Å²) in [4.78, 5) is 24.9. The molecule has 3 heterocycles. The standard InChI is InChI=1S/C27H32FN5O3S2.H2/c1-18-20(3)37-27(29-18)30-38(35,36)24-9-7-23(8-10-24)31-13-15-32(16-14-31)26(34)19(2)33-12-4-5-21-17-22(28)6-11-25(21)33;/h6-11,17,19H,4-5,12-16H2,1-3H3,(H,29,30);1H/t19-;/m0./s1. The molecule has 11 heteroatoms. The molecular weight excluding hydrogens is 525 g/mol. The van der Waals surface area contributed by atoms with Crippen LogP contribution in [-0.4, -0.2) is 63.0 Å². The van der Waals surface area contributed by atoms with E-state index in [-0.39, 0.29) is 24.1 Å². The van der Waals surface area contributed by atoms with Crippen LogP contribution in [0.2, 0.25) is 0 Å². The van der Waals surface area contributed by atoms with E-state index in [2.05, 4.69) is 19.5 Å². The Hall–Kier alpha value is -3.18. The number of fused-ring (bicyclic) bond motifs is 1. The maximum absolute atomic E-state index is 13.7. The van der Waals surface area contributed by atoms with Crippen LogP contribution in [0.5, 0.6) is 0 Å².